The molecule has 2 aliphatic rings. The largest absolute Gasteiger partial charge is 0.354 e. The lowest BCUT2D eigenvalue weighted by molar-refractivity contribution is -0.124. The van der Waals surface area contributed by atoms with Crippen molar-refractivity contribution < 1.29 is 9.59 Å². The molecule has 30 heavy (non-hydrogen) atoms. The van der Waals surface area contributed by atoms with Crippen molar-refractivity contribution in [3.63, 3.8) is 0 Å². The molecule has 1 aromatic heterocycles. The highest BCUT2D eigenvalue weighted by molar-refractivity contribution is 7.10. The number of amides is 2. The van der Waals surface area contributed by atoms with E-state index in [2.05, 4.69) is 17.3 Å². The van der Waals surface area contributed by atoms with Gasteiger partial charge in [-0.05, 0) is 43.0 Å². The number of fused-ring (bicyclic) bond motifs is 1. The fourth-order valence-electron chi connectivity index (χ4n) is 4.94. The minimum Gasteiger partial charge on any atom is -0.354 e. The minimum absolute atomic E-state index is 0.00255. The third-order valence-electron chi connectivity index (χ3n) is 6.66. The number of likely N-dealkylation sites (N-methyl/N-ethyl adjacent to an activating group) is 2. The first-order valence-corrected chi connectivity index (χ1v) is 11.8. The zero-order valence-electron chi connectivity index (χ0n) is 17.8. The first kappa shape index (κ1) is 21.1. The van der Waals surface area contributed by atoms with Gasteiger partial charge in [0.25, 0.3) is 5.91 Å². The Labute approximate surface area is 183 Å². The second kappa shape index (κ2) is 9.31. The van der Waals surface area contributed by atoms with Crippen molar-refractivity contribution in [2.45, 2.75) is 50.1 Å². The molecule has 0 radical (unpaired) electrons. The number of benzene rings is 1. The maximum Gasteiger partial charge on any atom is 0.254 e. The molecule has 2 amide bonds. The van der Waals surface area contributed by atoms with E-state index < -0.39 is 5.92 Å². The quantitative estimate of drug-likeness (QED) is 0.760. The van der Waals surface area contributed by atoms with Crippen LogP contribution in [0.4, 0.5) is 0 Å². The van der Waals surface area contributed by atoms with Crippen LogP contribution < -0.4 is 5.32 Å². The van der Waals surface area contributed by atoms with Crippen LogP contribution in [0.15, 0.2) is 41.8 Å². The van der Waals surface area contributed by atoms with E-state index in [1.54, 1.807) is 23.3 Å². The highest BCUT2D eigenvalue weighted by Crippen LogP contribution is 2.43. The molecule has 4 rings (SSSR count). The van der Waals surface area contributed by atoms with Gasteiger partial charge >= 0.3 is 0 Å². The molecule has 1 aliphatic carbocycles. The fourth-order valence-corrected chi connectivity index (χ4v) is 5.85. The van der Waals surface area contributed by atoms with Crippen LogP contribution in [0, 0.1) is 0 Å². The summed E-state index contributed by atoms with van der Waals surface area (Å²) in [5.41, 5.74) is 1.46. The summed E-state index contributed by atoms with van der Waals surface area (Å²) < 4.78 is 0. The number of thiophene rings is 1. The second-order valence-electron chi connectivity index (χ2n) is 8.50. The molecule has 2 heterocycles. The normalized spacial score (nSPS) is 22.2. The average molecular weight is 426 g/mol. The van der Waals surface area contributed by atoms with Gasteiger partial charge in [0.05, 0.1) is 12.0 Å². The summed E-state index contributed by atoms with van der Waals surface area (Å²) in [5.74, 6) is -0.426. The molecule has 0 spiro atoms. The van der Waals surface area contributed by atoms with Gasteiger partial charge in [-0.25, -0.2) is 0 Å². The average Bonchev–Trinajstić information content (AvgIpc) is 3.31. The number of carbonyl (C=O) groups excluding carboxylic acids is 2. The topological polar surface area (TPSA) is 52.7 Å². The summed E-state index contributed by atoms with van der Waals surface area (Å²) in [6, 6.07) is 11.9. The molecule has 6 heteroatoms. The van der Waals surface area contributed by atoms with E-state index in [-0.39, 0.29) is 17.9 Å². The number of hydrogen-bond acceptors (Lipinski definition) is 4. The Morgan fingerprint density at radius 1 is 1.17 bits per heavy atom. The lowest BCUT2D eigenvalue weighted by atomic mass is 9.82. The first-order chi connectivity index (χ1) is 14.6. The molecule has 1 saturated carbocycles. The van der Waals surface area contributed by atoms with Crippen molar-refractivity contribution in [3.8, 4) is 0 Å². The number of hydrogen-bond donors (Lipinski definition) is 1. The summed E-state index contributed by atoms with van der Waals surface area (Å²) in [6.07, 6.45) is 6.48. The molecule has 0 unspecified atom stereocenters. The van der Waals surface area contributed by atoms with Crippen molar-refractivity contribution in [2.75, 3.05) is 27.2 Å². The monoisotopic (exact) mass is 425 g/mol. The molecule has 1 aliphatic heterocycles. The molecule has 1 aromatic carbocycles. The van der Waals surface area contributed by atoms with Gasteiger partial charge < -0.3 is 15.1 Å². The molecular weight excluding hydrogens is 394 g/mol. The van der Waals surface area contributed by atoms with Crippen LogP contribution in [-0.4, -0.2) is 54.8 Å². The van der Waals surface area contributed by atoms with E-state index in [0.29, 0.717) is 18.2 Å². The Bertz CT molecular complexity index is 876. The number of nitrogens with zero attached hydrogens (tertiary/aromatic N) is 2. The molecule has 0 bridgehead atoms. The van der Waals surface area contributed by atoms with E-state index in [9.17, 15) is 9.59 Å². The molecule has 5 nitrogen and oxygen atoms in total. The van der Waals surface area contributed by atoms with Gasteiger partial charge in [0.1, 0.15) is 0 Å². The Hall–Kier alpha value is -2.18. The number of rotatable bonds is 6. The van der Waals surface area contributed by atoms with Crippen LogP contribution in [0.2, 0.25) is 0 Å². The molecule has 1 N–H and O–H groups in total. The molecule has 160 valence electrons. The predicted octanol–water partition coefficient (Wildman–Crippen LogP) is 4.04. The number of carbonyl (C=O) groups is 2. The summed E-state index contributed by atoms with van der Waals surface area (Å²) in [6.45, 7) is 1.47. The SMILES string of the molecule is CN(CCNC(=O)[C@@H]1c2ccccc2C(=O)N(C)[C@H]1c1cccs1)C1CCCCC1. The van der Waals surface area contributed by atoms with Gasteiger partial charge in [-0.3, -0.25) is 9.59 Å². The van der Waals surface area contributed by atoms with Gasteiger partial charge in [-0.1, -0.05) is 43.5 Å². The van der Waals surface area contributed by atoms with Crippen LogP contribution in [0.1, 0.15) is 64.9 Å². The Kier molecular flexibility index (Phi) is 6.54. The predicted molar refractivity (Wildman–Crippen MR) is 121 cm³/mol. The van der Waals surface area contributed by atoms with Crippen LogP contribution in [-0.2, 0) is 4.79 Å². The van der Waals surface area contributed by atoms with E-state index in [0.717, 1.165) is 17.0 Å². The van der Waals surface area contributed by atoms with Crippen LogP contribution in [0.5, 0.6) is 0 Å². The van der Waals surface area contributed by atoms with Gasteiger partial charge in [0, 0.05) is 36.6 Å². The van der Waals surface area contributed by atoms with E-state index in [4.69, 9.17) is 0 Å². The number of nitrogens with one attached hydrogen (secondary N) is 1. The highest BCUT2D eigenvalue weighted by Gasteiger charge is 2.42. The lowest BCUT2D eigenvalue weighted by Gasteiger charge is -2.39. The first-order valence-electron chi connectivity index (χ1n) is 11.0. The Balaban J connectivity index is 1.51. The third-order valence-corrected chi connectivity index (χ3v) is 7.60. The molecule has 0 saturated heterocycles. The van der Waals surface area contributed by atoms with Gasteiger partial charge in [0.2, 0.25) is 5.91 Å². The van der Waals surface area contributed by atoms with Crippen molar-refractivity contribution in [1.82, 2.24) is 15.1 Å². The smallest absolute Gasteiger partial charge is 0.254 e. The van der Waals surface area contributed by atoms with Crippen molar-refractivity contribution in [3.05, 3.63) is 57.8 Å². The van der Waals surface area contributed by atoms with Gasteiger partial charge in [-0.15, -0.1) is 11.3 Å². The standard InChI is InChI=1S/C24H31N3O2S/c1-26(17-9-4-3-5-10-17)15-14-25-23(28)21-18-11-6-7-12-19(18)24(29)27(2)22(21)20-13-8-16-30-20/h6-8,11-13,16-17,21-22H,3-5,9-10,14-15H2,1-2H3,(H,25,28)/t21-,22+/m1/s1. The maximum atomic E-state index is 13.4. The summed E-state index contributed by atoms with van der Waals surface area (Å²) in [7, 11) is 3.97. The van der Waals surface area contributed by atoms with Crippen molar-refractivity contribution in [2.24, 2.45) is 0 Å². The minimum atomic E-state index is -0.400. The Morgan fingerprint density at radius 2 is 1.93 bits per heavy atom. The molecular formula is C24H31N3O2S. The Morgan fingerprint density at radius 3 is 2.67 bits per heavy atom. The highest BCUT2D eigenvalue weighted by atomic mass is 32.1. The maximum absolute atomic E-state index is 13.4. The van der Waals surface area contributed by atoms with E-state index in [1.165, 1.54) is 32.1 Å². The summed E-state index contributed by atoms with van der Waals surface area (Å²) >= 11 is 1.60. The second-order valence-corrected chi connectivity index (χ2v) is 9.48. The summed E-state index contributed by atoms with van der Waals surface area (Å²) in [5, 5.41) is 5.18. The molecule has 2 atom stereocenters. The molecule has 2 aromatic rings. The summed E-state index contributed by atoms with van der Waals surface area (Å²) in [4.78, 5) is 31.5. The van der Waals surface area contributed by atoms with Crippen LogP contribution in [0.25, 0.3) is 0 Å². The zero-order valence-corrected chi connectivity index (χ0v) is 18.7. The van der Waals surface area contributed by atoms with Gasteiger partial charge in [0.15, 0.2) is 0 Å². The van der Waals surface area contributed by atoms with Crippen LogP contribution in [0.3, 0.4) is 0 Å². The fraction of sp³-hybridized carbons (Fsp3) is 0.500. The zero-order chi connectivity index (χ0) is 21.1. The molecule has 1 fully saturated rings. The third kappa shape index (κ3) is 4.16. The van der Waals surface area contributed by atoms with E-state index in [1.807, 2.05) is 41.8 Å². The van der Waals surface area contributed by atoms with Crippen molar-refractivity contribution in [1.29, 1.82) is 0 Å². The lowest BCUT2D eigenvalue weighted by Crippen LogP contribution is -2.47. The van der Waals surface area contributed by atoms with Crippen molar-refractivity contribution >= 4 is 23.2 Å². The van der Waals surface area contributed by atoms with Crippen LogP contribution >= 0.6 is 11.3 Å². The van der Waals surface area contributed by atoms with E-state index >= 15 is 0 Å². The van der Waals surface area contributed by atoms with Gasteiger partial charge in [-0.2, -0.15) is 0 Å².